The first kappa shape index (κ1) is 19.3. The second-order valence-corrected chi connectivity index (χ2v) is 6.22. The SMILES string of the molecule is CCOC(=O)c1cc(N)cc(N)c1Oc1ccc(C(=O)C(C)(C)O)cc1. The lowest BCUT2D eigenvalue weighted by Crippen LogP contribution is -2.30. The number of esters is 1. The second-order valence-electron chi connectivity index (χ2n) is 6.22. The van der Waals surface area contributed by atoms with Gasteiger partial charge in [-0.15, -0.1) is 0 Å². The average Bonchev–Trinajstić information content (AvgIpc) is 2.56. The molecule has 7 nitrogen and oxygen atoms in total. The molecule has 2 aromatic rings. The minimum Gasteiger partial charge on any atom is -0.462 e. The quantitative estimate of drug-likeness (QED) is 0.412. The summed E-state index contributed by atoms with van der Waals surface area (Å²) in [6, 6.07) is 9.04. The summed E-state index contributed by atoms with van der Waals surface area (Å²) in [6.07, 6.45) is 0. The van der Waals surface area contributed by atoms with Crippen LogP contribution in [0.5, 0.6) is 11.5 Å². The zero-order valence-corrected chi connectivity index (χ0v) is 14.9. The molecule has 0 aliphatic heterocycles. The summed E-state index contributed by atoms with van der Waals surface area (Å²) in [7, 11) is 0. The highest BCUT2D eigenvalue weighted by molar-refractivity contribution is 6.01. The van der Waals surface area contributed by atoms with Crippen LogP contribution in [-0.4, -0.2) is 29.1 Å². The number of hydrogen-bond acceptors (Lipinski definition) is 7. The van der Waals surface area contributed by atoms with Gasteiger partial charge in [0.1, 0.15) is 16.9 Å². The third-order valence-corrected chi connectivity index (χ3v) is 3.53. The summed E-state index contributed by atoms with van der Waals surface area (Å²) in [5.74, 6) is -0.530. The van der Waals surface area contributed by atoms with Crippen molar-refractivity contribution in [2.75, 3.05) is 18.1 Å². The number of aliphatic hydroxyl groups is 1. The summed E-state index contributed by atoms with van der Waals surface area (Å²) in [4.78, 5) is 24.2. The standard InChI is InChI=1S/C19H22N2O5/c1-4-25-18(23)14-9-12(20)10-15(21)16(14)26-13-7-5-11(6-8-13)17(22)19(2,3)24/h5-10,24H,4,20-21H2,1-3H3. The monoisotopic (exact) mass is 358 g/mol. The van der Waals surface area contributed by atoms with Crippen LogP contribution < -0.4 is 16.2 Å². The van der Waals surface area contributed by atoms with Gasteiger partial charge in [0, 0.05) is 11.3 Å². The van der Waals surface area contributed by atoms with Crippen molar-refractivity contribution in [3.8, 4) is 11.5 Å². The predicted octanol–water partition coefficient (Wildman–Crippen LogP) is 2.77. The van der Waals surface area contributed by atoms with E-state index in [2.05, 4.69) is 0 Å². The molecule has 0 saturated heterocycles. The highest BCUT2D eigenvalue weighted by atomic mass is 16.5. The third-order valence-electron chi connectivity index (χ3n) is 3.53. The van der Waals surface area contributed by atoms with Gasteiger partial charge in [0.25, 0.3) is 0 Å². The molecule has 0 heterocycles. The second kappa shape index (κ2) is 7.45. The molecule has 0 radical (unpaired) electrons. The van der Waals surface area contributed by atoms with Gasteiger partial charge in [-0.1, -0.05) is 0 Å². The minimum absolute atomic E-state index is 0.112. The van der Waals surface area contributed by atoms with E-state index in [1.807, 2.05) is 0 Å². The number of ether oxygens (including phenoxy) is 2. The number of nitrogen functional groups attached to an aromatic ring is 2. The van der Waals surface area contributed by atoms with Crippen LogP contribution in [0, 0.1) is 0 Å². The molecule has 5 N–H and O–H groups in total. The van der Waals surface area contributed by atoms with Crippen LogP contribution in [0.4, 0.5) is 11.4 Å². The number of rotatable bonds is 6. The summed E-state index contributed by atoms with van der Waals surface area (Å²) < 4.78 is 10.7. The number of carbonyl (C=O) groups is 2. The first-order valence-electron chi connectivity index (χ1n) is 8.04. The third kappa shape index (κ3) is 4.31. The van der Waals surface area contributed by atoms with Crippen LogP contribution in [0.3, 0.4) is 0 Å². The molecule has 0 fully saturated rings. The summed E-state index contributed by atoms with van der Waals surface area (Å²) >= 11 is 0. The molecule has 0 amide bonds. The van der Waals surface area contributed by atoms with Gasteiger partial charge in [-0.3, -0.25) is 4.79 Å². The Kier molecular flexibility index (Phi) is 5.52. The number of Topliss-reactive ketones (excluding diaryl/α,β-unsaturated/α-hetero) is 1. The Hall–Kier alpha value is -3.06. The molecule has 0 aromatic heterocycles. The maximum Gasteiger partial charge on any atom is 0.342 e. The van der Waals surface area contributed by atoms with Gasteiger partial charge < -0.3 is 26.0 Å². The highest BCUT2D eigenvalue weighted by Crippen LogP contribution is 2.34. The van der Waals surface area contributed by atoms with Crippen LogP contribution in [0.2, 0.25) is 0 Å². The van der Waals surface area contributed by atoms with Gasteiger partial charge in [-0.05, 0) is 57.2 Å². The maximum atomic E-state index is 12.1. The molecule has 0 spiro atoms. The van der Waals surface area contributed by atoms with Crippen LogP contribution in [-0.2, 0) is 4.74 Å². The van der Waals surface area contributed by atoms with Crippen molar-refractivity contribution >= 4 is 23.1 Å². The van der Waals surface area contributed by atoms with E-state index < -0.39 is 17.4 Å². The summed E-state index contributed by atoms with van der Waals surface area (Å²) in [5.41, 5.74) is 11.2. The average molecular weight is 358 g/mol. The number of benzene rings is 2. The fourth-order valence-electron chi connectivity index (χ4n) is 2.29. The number of nitrogens with two attached hydrogens (primary N) is 2. The lowest BCUT2D eigenvalue weighted by molar-refractivity contribution is 0.0488. The highest BCUT2D eigenvalue weighted by Gasteiger charge is 2.25. The molecule has 0 saturated carbocycles. The van der Waals surface area contributed by atoms with Crippen molar-refractivity contribution in [2.45, 2.75) is 26.4 Å². The van der Waals surface area contributed by atoms with Gasteiger partial charge in [-0.2, -0.15) is 0 Å². The van der Waals surface area contributed by atoms with E-state index in [0.29, 0.717) is 17.0 Å². The molecule has 0 aliphatic carbocycles. The maximum absolute atomic E-state index is 12.1. The van der Waals surface area contributed by atoms with E-state index in [9.17, 15) is 14.7 Å². The van der Waals surface area contributed by atoms with E-state index in [1.54, 1.807) is 19.1 Å². The van der Waals surface area contributed by atoms with Crippen molar-refractivity contribution in [1.82, 2.24) is 0 Å². The van der Waals surface area contributed by atoms with E-state index in [-0.39, 0.29) is 23.6 Å². The van der Waals surface area contributed by atoms with Crippen LogP contribution in [0.15, 0.2) is 36.4 Å². The smallest absolute Gasteiger partial charge is 0.342 e. The zero-order chi connectivity index (χ0) is 19.5. The lowest BCUT2D eigenvalue weighted by atomic mass is 9.97. The number of carbonyl (C=O) groups excluding carboxylic acids is 2. The molecule has 2 rings (SSSR count). The van der Waals surface area contributed by atoms with Crippen molar-refractivity contribution in [1.29, 1.82) is 0 Å². The first-order chi connectivity index (χ1) is 12.1. The fraction of sp³-hybridized carbons (Fsp3) is 0.263. The minimum atomic E-state index is -1.47. The Balaban J connectivity index is 2.34. The molecule has 2 aromatic carbocycles. The molecule has 138 valence electrons. The van der Waals surface area contributed by atoms with E-state index in [4.69, 9.17) is 20.9 Å². The molecule has 0 atom stereocenters. The molecule has 26 heavy (non-hydrogen) atoms. The summed E-state index contributed by atoms with van der Waals surface area (Å²) in [5, 5.41) is 9.79. The number of anilines is 2. The Morgan fingerprint density at radius 1 is 1.12 bits per heavy atom. The topological polar surface area (TPSA) is 125 Å². The Bertz CT molecular complexity index is 823. The van der Waals surface area contributed by atoms with Gasteiger partial charge in [0.15, 0.2) is 11.5 Å². The normalized spacial score (nSPS) is 11.1. The Labute approximate surface area is 151 Å². The van der Waals surface area contributed by atoms with Crippen LogP contribution in [0.25, 0.3) is 0 Å². The number of ketones is 1. The predicted molar refractivity (Wildman–Crippen MR) is 98.4 cm³/mol. The summed E-state index contributed by atoms with van der Waals surface area (Å²) in [6.45, 7) is 4.72. The lowest BCUT2D eigenvalue weighted by Gasteiger charge is -2.16. The fourth-order valence-corrected chi connectivity index (χ4v) is 2.29. The molecular formula is C19H22N2O5. The van der Waals surface area contributed by atoms with Crippen molar-refractivity contribution in [2.24, 2.45) is 0 Å². The first-order valence-corrected chi connectivity index (χ1v) is 8.04. The van der Waals surface area contributed by atoms with Gasteiger partial charge in [0.2, 0.25) is 0 Å². The van der Waals surface area contributed by atoms with E-state index in [0.717, 1.165) is 0 Å². The van der Waals surface area contributed by atoms with Crippen molar-refractivity contribution < 1.29 is 24.2 Å². The Morgan fingerprint density at radius 3 is 2.27 bits per heavy atom. The van der Waals surface area contributed by atoms with Crippen molar-refractivity contribution in [3.05, 3.63) is 47.5 Å². The van der Waals surface area contributed by atoms with Gasteiger partial charge in [0.05, 0.1) is 12.3 Å². The van der Waals surface area contributed by atoms with E-state index >= 15 is 0 Å². The molecule has 0 aliphatic rings. The van der Waals surface area contributed by atoms with E-state index in [1.165, 1.54) is 38.1 Å². The number of hydrogen-bond donors (Lipinski definition) is 3. The molecule has 0 bridgehead atoms. The molecule has 0 unspecified atom stereocenters. The van der Waals surface area contributed by atoms with Crippen molar-refractivity contribution in [3.63, 3.8) is 0 Å². The zero-order valence-electron chi connectivity index (χ0n) is 14.9. The van der Waals surface area contributed by atoms with Gasteiger partial charge in [-0.25, -0.2) is 4.79 Å². The largest absolute Gasteiger partial charge is 0.462 e. The van der Waals surface area contributed by atoms with Crippen LogP contribution in [0.1, 0.15) is 41.5 Å². The Morgan fingerprint density at radius 2 is 1.73 bits per heavy atom. The van der Waals surface area contributed by atoms with Crippen LogP contribution >= 0.6 is 0 Å². The molecule has 7 heteroatoms. The van der Waals surface area contributed by atoms with Gasteiger partial charge >= 0.3 is 5.97 Å². The molecular weight excluding hydrogens is 336 g/mol.